The molecule has 0 rings (SSSR count). The van der Waals surface area contributed by atoms with Crippen LogP contribution in [0.3, 0.4) is 0 Å². The molecule has 0 aromatic rings. The van der Waals surface area contributed by atoms with Gasteiger partial charge in [0.15, 0.2) is 5.38 Å². The molecule has 0 aliphatic carbocycles. The number of rotatable bonds is 2. The van der Waals surface area contributed by atoms with Gasteiger partial charge in [-0.2, -0.15) is 10.5 Å². The molecule has 0 bridgehead atoms. The van der Waals surface area contributed by atoms with E-state index in [4.69, 9.17) is 45.3 Å². The van der Waals surface area contributed by atoms with E-state index in [1.807, 2.05) is 0 Å². The van der Waals surface area contributed by atoms with Crippen LogP contribution < -0.4 is 11.5 Å². The number of amides is 2. The zero-order valence-corrected chi connectivity index (χ0v) is 9.34. The minimum Gasteiger partial charge on any atom is -0.367 e. The van der Waals surface area contributed by atoms with Crippen molar-refractivity contribution in [2.45, 2.75) is 9.71 Å². The number of carbonyl (C=O) groups is 2. The van der Waals surface area contributed by atoms with E-state index in [-0.39, 0.29) is 0 Å². The Balaban J connectivity index is 0. The third-order valence-electron chi connectivity index (χ3n) is 0.813. The van der Waals surface area contributed by atoms with E-state index in [9.17, 15) is 9.59 Å². The first kappa shape index (κ1) is 16.2. The van der Waals surface area contributed by atoms with E-state index in [1.54, 1.807) is 0 Å². The summed E-state index contributed by atoms with van der Waals surface area (Å²) in [5.41, 5.74) is 9.11. The van der Waals surface area contributed by atoms with E-state index in [1.165, 1.54) is 12.1 Å². The summed E-state index contributed by atoms with van der Waals surface area (Å²) in [6.45, 7) is 0. The minimum absolute atomic E-state index is 0.802. The van der Waals surface area contributed by atoms with Gasteiger partial charge in [-0.05, 0) is 0 Å². The fourth-order valence-electron chi connectivity index (χ4n) is 0.119. The Morgan fingerprint density at radius 3 is 1.67 bits per heavy atom. The predicted octanol–water partition coefficient (Wildman–Crippen LogP) is -0.228. The average Bonchev–Trinajstić information content (AvgIpc) is 2.17. The highest BCUT2D eigenvalue weighted by Crippen LogP contribution is 2.17. The summed E-state index contributed by atoms with van der Waals surface area (Å²) in [7, 11) is 0. The molecule has 0 fully saturated rings. The molecule has 15 heavy (non-hydrogen) atoms. The Bertz CT molecular complexity index is 330. The molecular weight excluding hydrogens is 266 g/mol. The van der Waals surface area contributed by atoms with Crippen molar-refractivity contribution in [3.05, 3.63) is 0 Å². The fourth-order valence-corrected chi connectivity index (χ4v) is 0.119. The monoisotopic (exact) mass is 270 g/mol. The smallest absolute Gasteiger partial charge is 0.280 e. The average molecular weight is 271 g/mol. The number of primary amides is 2. The van der Waals surface area contributed by atoms with E-state index in [0.29, 0.717) is 0 Å². The van der Waals surface area contributed by atoms with Crippen molar-refractivity contribution >= 4 is 46.6 Å². The molecule has 2 amide bonds. The van der Waals surface area contributed by atoms with Crippen LogP contribution >= 0.6 is 34.8 Å². The molecule has 9 heteroatoms. The molecule has 1 unspecified atom stereocenters. The normalized spacial score (nSPS) is 11.0. The second-order valence-corrected chi connectivity index (χ2v) is 3.71. The predicted molar refractivity (Wildman–Crippen MR) is 53.7 cm³/mol. The van der Waals surface area contributed by atoms with Crippen molar-refractivity contribution in [1.29, 1.82) is 10.5 Å². The maximum absolute atomic E-state index is 9.99. The lowest BCUT2D eigenvalue weighted by Gasteiger charge is -2.00. The van der Waals surface area contributed by atoms with Gasteiger partial charge in [-0.15, -0.1) is 0 Å². The Labute approximate surface area is 100 Å². The van der Waals surface area contributed by atoms with E-state index in [2.05, 4.69) is 11.5 Å². The topological polar surface area (TPSA) is 134 Å². The van der Waals surface area contributed by atoms with Gasteiger partial charge in [-0.1, -0.05) is 34.8 Å². The van der Waals surface area contributed by atoms with Crippen LogP contribution in [0, 0.1) is 22.7 Å². The lowest BCUT2D eigenvalue weighted by molar-refractivity contribution is -0.118. The van der Waals surface area contributed by atoms with Crippen LogP contribution in [-0.2, 0) is 9.59 Å². The lowest BCUT2D eigenvalue weighted by atomic mass is 10.4. The third-order valence-corrected chi connectivity index (χ3v) is 1.67. The van der Waals surface area contributed by atoms with Crippen molar-refractivity contribution in [3.8, 4) is 12.1 Å². The van der Waals surface area contributed by atoms with Gasteiger partial charge >= 0.3 is 0 Å². The molecule has 0 spiro atoms. The Kier molecular flexibility index (Phi) is 7.71. The Hall–Kier alpha value is -1.21. The fraction of sp³-hybridized carbons (Fsp3) is 0.333. The summed E-state index contributed by atoms with van der Waals surface area (Å²) in [6.07, 6.45) is 0. The van der Waals surface area contributed by atoms with Gasteiger partial charge in [-0.3, -0.25) is 9.59 Å². The van der Waals surface area contributed by atoms with Crippen molar-refractivity contribution in [2.75, 3.05) is 0 Å². The minimum atomic E-state index is -2.07. The number of nitriles is 2. The molecule has 0 aromatic carbocycles. The van der Waals surface area contributed by atoms with E-state index in [0.717, 1.165) is 0 Å². The summed E-state index contributed by atoms with van der Waals surface area (Å²) in [5, 5.41) is 14.6. The number of halogens is 3. The van der Waals surface area contributed by atoms with Crippen molar-refractivity contribution in [2.24, 2.45) is 11.5 Å². The quantitative estimate of drug-likeness (QED) is 0.671. The molecule has 0 saturated carbocycles. The molecule has 6 nitrogen and oxygen atoms in total. The van der Waals surface area contributed by atoms with Gasteiger partial charge in [0.25, 0.3) is 10.2 Å². The van der Waals surface area contributed by atoms with Crippen LogP contribution in [0.25, 0.3) is 0 Å². The molecule has 82 valence electrons. The standard InChI is InChI=1S/C3H2Cl2N2O.C3H3ClN2O/c4-3(5,1-6)2(7)8;4-2(1-5)3(6)7/h(H2,7,8);2H,(H2,6,7). The summed E-state index contributed by atoms with van der Waals surface area (Å²) in [6, 6.07) is 2.75. The number of hydrogen-bond donors (Lipinski definition) is 2. The van der Waals surface area contributed by atoms with Crippen LogP contribution in [0.15, 0.2) is 0 Å². The molecule has 0 radical (unpaired) electrons. The number of alkyl halides is 3. The largest absolute Gasteiger partial charge is 0.367 e. The van der Waals surface area contributed by atoms with Gasteiger partial charge in [0.1, 0.15) is 6.07 Å². The molecule has 0 saturated heterocycles. The van der Waals surface area contributed by atoms with Crippen LogP contribution in [0.1, 0.15) is 0 Å². The number of nitrogens with zero attached hydrogens (tertiary/aromatic N) is 2. The van der Waals surface area contributed by atoms with Crippen molar-refractivity contribution < 1.29 is 9.59 Å². The van der Waals surface area contributed by atoms with Gasteiger partial charge in [0.2, 0.25) is 5.91 Å². The first-order chi connectivity index (χ1) is 6.68. The second-order valence-electron chi connectivity index (χ2n) is 1.94. The van der Waals surface area contributed by atoms with Crippen LogP contribution in [-0.4, -0.2) is 21.5 Å². The highest BCUT2D eigenvalue weighted by Gasteiger charge is 2.30. The maximum atomic E-state index is 9.99. The summed E-state index contributed by atoms with van der Waals surface area (Å²) in [5.74, 6) is -1.85. The highest BCUT2D eigenvalue weighted by atomic mass is 35.5. The van der Waals surface area contributed by atoms with Crippen LogP contribution in [0.5, 0.6) is 0 Å². The van der Waals surface area contributed by atoms with E-state index < -0.39 is 21.5 Å². The summed E-state index contributed by atoms with van der Waals surface area (Å²) >= 11 is 14.9. The number of nitrogens with two attached hydrogens (primary N) is 2. The van der Waals surface area contributed by atoms with Crippen LogP contribution in [0.4, 0.5) is 0 Å². The van der Waals surface area contributed by atoms with Gasteiger partial charge in [-0.25, -0.2) is 0 Å². The number of hydrogen-bond acceptors (Lipinski definition) is 4. The molecule has 0 aliphatic heterocycles. The van der Waals surface area contributed by atoms with Crippen molar-refractivity contribution in [3.63, 3.8) is 0 Å². The van der Waals surface area contributed by atoms with Crippen LogP contribution in [0.2, 0.25) is 0 Å². The Morgan fingerprint density at radius 2 is 1.67 bits per heavy atom. The number of carbonyl (C=O) groups excluding carboxylic acids is 2. The first-order valence-corrected chi connectivity index (χ1v) is 4.30. The molecule has 0 aliphatic rings. The molecule has 0 heterocycles. The lowest BCUT2D eigenvalue weighted by Crippen LogP contribution is -2.31. The SMILES string of the molecule is N#CC(Cl)(Cl)C(N)=O.N#CC(Cl)C(N)=O. The van der Waals surface area contributed by atoms with Gasteiger partial charge < -0.3 is 11.5 Å². The molecule has 1 atom stereocenters. The third kappa shape index (κ3) is 7.83. The van der Waals surface area contributed by atoms with E-state index >= 15 is 0 Å². The highest BCUT2D eigenvalue weighted by molar-refractivity contribution is 6.60. The first-order valence-electron chi connectivity index (χ1n) is 3.11. The summed E-state index contributed by atoms with van der Waals surface area (Å²) in [4.78, 5) is 19.8. The van der Waals surface area contributed by atoms with Gasteiger partial charge in [0.05, 0.1) is 6.07 Å². The Morgan fingerprint density at radius 1 is 1.27 bits per heavy atom. The molecular formula is C6H5Cl3N4O2. The summed E-state index contributed by atoms with van der Waals surface area (Å²) < 4.78 is -2.07. The maximum Gasteiger partial charge on any atom is 0.280 e. The zero-order chi connectivity index (χ0) is 12.6. The zero-order valence-electron chi connectivity index (χ0n) is 7.08. The molecule has 0 aromatic heterocycles. The second kappa shape index (κ2) is 7.13. The molecule has 4 N–H and O–H groups in total. The van der Waals surface area contributed by atoms with Crippen molar-refractivity contribution in [1.82, 2.24) is 0 Å². The van der Waals surface area contributed by atoms with Gasteiger partial charge in [0, 0.05) is 0 Å².